The third-order valence-electron chi connectivity index (χ3n) is 8.02. The van der Waals surface area contributed by atoms with Gasteiger partial charge in [0.15, 0.2) is 5.41 Å². The van der Waals surface area contributed by atoms with Crippen LogP contribution in [0.3, 0.4) is 0 Å². The maximum Gasteiger partial charge on any atom is 0.293 e. The molecule has 3 atom stereocenters. The highest BCUT2D eigenvalue weighted by atomic mass is 16.7. The molecule has 1 heterocycles. The second-order valence-corrected chi connectivity index (χ2v) is 10.7. The van der Waals surface area contributed by atoms with Gasteiger partial charge in [-0.1, -0.05) is 32.6 Å². The Morgan fingerprint density at radius 3 is 2.18 bits per heavy atom. The molecule has 0 spiro atoms. The molecule has 9 nitrogen and oxygen atoms in total. The molecule has 1 aromatic carbocycles. The molecule has 1 aliphatic carbocycles. The summed E-state index contributed by atoms with van der Waals surface area (Å²) in [5, 5.41) is 82.6. The summed E-state index contributed by atoms with van der Waals surface area (Å²) in [6.45, 7) is 5.83. The molecule has 1 aromatic rings. The summed E-state index contributed by atoms with van der Waals surface area (Å²) in [5.74, 6) is -7.55. The van der Waals surface area contributed by atoms with Crippen LogP contribution in [0.15, 0.2) is 12.1 Å². The van der Waals surface area contributed by atoms with E-state index >= 15 is 0 Å². The molecule has 2 aliphatic rings. The highest BCUT2D eigenvalue weighted by molar-refractivity contribution is 5.54. The van der Waals surface area contributed by atoms with E-state index in [1.807, 2.05) is 20.8 Å². The first-order chi connectivity index (χ1) is 15.7. The van der Waals surface area contributed by atoms with Crippen LogP contribution in [0.2, 0.25) is 0 Å². The minimum atomic E-state index is -3.74. The number of unbranched alkanes of at least 4 members (excludes halogenated alkanes) is 3. The van der Waals surface area contributed by atoms with Crippen LogP contribution in [0.5, 0.6) is 11.5 Å². The number of fused-ring (bicyclic) bond motifs is 3. The summed E-state index contributed by atoms with van der Waals surface area (Å²) < 4.78 is 6.23. The van der Waals surface area contributed by atoms with E-state index in [-0.39, 0.29) is 47.8 Å². The van der Waals surface area contributed by atoms with Gasteiger partial charge in [0.1, 0.15) is 17.1 Å². The molecule has 1 fully saturated rings. The molecule has 0 saturated heterocycles. The zero-order valence-corrected chi connectivity index (χ0v) is 20.2. The molecule has 0 radical (unpaired) electrons. The van der Waals surface area contributed by atoms with Crippen LogP contribution in [-0.4, -0.2) is 65.0 Å². The Kier molecular flexibility index (Phi) is 7.61. The predicted octanol–water partition coefficient (Wildman–Crippen LogP) is 1.53. The van der Waals surface area contributed by atoms with E-state index in [4.69, 9.17) is 4.74 Å². The lowest BCUT2D eigenvalue weighted by atomic mass is 9.63. The molecular weight excluding hydrogens is 444 g/mol. The second kappa shape index (κ2) is 9.54. The van der Waals surface area contributed by atoms with Crippen molar-refractivity contribution in [3.05, 3.63) is 23.3 Å². The van der Waals surface area contributed by atoms with Crippen LogP contribution >= 0.6 is 0 Å². The monoisotopic (exact) mass is 484 g/mol. The number of aliphatic hydroxyl groups is 7. The number of rotatable bonds is 9. The maximum absolute atomic E-state index is 11.1. The Morgan fingerprint density at radius 2 is 1.62 bits per heavy atom. The molecule has 0 aromatic heterocycles. The van der Waals surface area contributed by atoms with Crippen molar-refractivity contribution in [2.45, 2.75) is 101 Å². The summed E-state index contributed by atoms with van der Waals surface area (Å²) in [6, 6.07) is 2.44. The summed E-state index contributed by atoms with van der Waals surface area (Å²) in [6.07, 6.45) is 4.31. The molecule has 0 bridgehead atoms. The minimum absolute atomic E-state index is 0.0314. The van der Waals surface area contributed by atoms with E-state index in [0.717, 1.165) is 31.7 Å². The average molecular weight is 485 g/mol. The van der Waals surface area contributed by atoms with Crippen molar-refractivity contribution in [3.63, 3.8) is 0 Å². The molecule has 0 amide bonds. The zero-order valence-electron chi connectivity index (χ0n) is 20.2. The number of phenols is 1. The third kappa shape index (κ3) is 4.67. The minimum Gasteiger partial charge on any atom is -0.508 e. The first-order valence-electron chi connectivity index (χ1n) is 12.2. The number of hydrogen-bond donors (Lipinski definition) is 8. The van der Waals surface area contributed by atoms with E-state index in [1.165, 1.54) is 6.07 Å². The van der Waals surface area contributed by atoms with Crippen LogP contribution < -0.4 is 4.74 Å². The van der Waals surface area contributed by atoms with E-state index in [9.17, 15) is 40.9 Å². The Bertz CT molecular complexity index is 839. The van der Waals surface area contributed by atoms with E-state index in [0.29, 0.717) is 18.4 Å². The number of phenolic OH excluding ortho intramolecular Hbond substituents is 1. The van der Waals surface area contributed by atoms with Gasteiger partial charge in [0.2, 0.25) is 0 Å². The normalized spacial score (nSPS) is 24.8. The average Bonchev–Trinajstić information content (AvgIpc) is 2.70. The Morgan fingerprint density at radius 1 is 0.971 bits per heavy atom. The first-order valence-corrected chi connectivity index (χ1v) is 12.2. The molecular formula is C25H40O9. The number of ether oxygens (including phenoxy) is 1. The van der Waals surface area contributed by atoms with Gasteiger partial charge in [-0.3, -0.25) is 0 Å². The van der Waals surface area contributed by atoms with Crippen molar-refractivity contribution < 1.29 is 45.6 Å². The molecule has 3 rings (SSSR count). The van der Waals surface area contributed by atoms with Crippen molar-refractivity contribution >= 4 is 0 Å². The molecule has 34 heavy (non-hydrogen) atoms. The lowest BCUT2D eigenvalue weighted by molar-refractivity contribution is -0.454. The van der Waals surface area contributed by atoms with Crippen LogP contribution in [0.4, 0.5) is 0 Å². The van der Waals surface area contributed by atoms with E-state index in [2.05, 4.69) is 0 Å². The Hall–Kier alpha value is -1.46. The lowest BCUT2D eigenvalue weighted by Gasteiger charge is -2.50. The fraction of sp³-hybridized carbons (Fsp3) is 0.760. The van der Waals surface area contributed by atoms with Crippen molar-refractivity contribution in [1.29, 1.82) is 0 Å². The van der Waals surface area contributed by atoms with Gasteiger partial charge in [-0.25, -0.2) is 0 Å². The molecule has 1 saturated carbocycles. The Labute approximate surface area is 200 Å². The predicted molar refractivity (Wildman–Crippen MR) is 123 cm³/mol. The summed E-state index contributed by atoms with van der Waals surface area (Å²) in [7, 11) is 0. The highest BCUT2D eigenvalue weighted by Crippen LogP contribution is 2.57. The molecule has 0 unspecified atom stereocenters. The van der Waals surface area contributed by atoms with Gasteiger partial charge in [-0.15, -0.1) is 0 Å². The molecule has 9 heteroatoms. The summed E-state index contributed by atoms with van der Waals surface area (Å²) in [4.78, 5) is 0. The van der Waals surface area contributed by atoms with Crippen LogP contribution in [-0.2, 0) is 5.41 Å². The maximum atomic E-state index is 11.1. The van der Waals surface area contributed by atoms with Crippen molar-refractivity contribution in [1.82, 2.24) is 0 Å². The van der Waals surface area contributed by atoms with Crippen molar-refractivity contribution in [2.24, 2.45) is 11.8 Å². The number of hydrogen-bond acceptors (Lipinski definition) is 9. The molecule has 194 valence electrons. The van der Waals surface area contributed by atoms with Crippen molar-refractivity contribution in [2.75, 3.05) is 6.61 Å². The van der Waals surface area contributed by atoms with Gasteiger partial charge in [0, 0.05) is 18.1 Å². The summed E-state index contributed by atoms with van der Waals surface area (Å²) in [5.41, 5.74) is -3.23. The van der Waals surface area contributed by atoms with E-state index < -0.39 is 29.4 Å². The van der Waals surface area contributed by atoms with Gasteiger partial charge in [0.05, 0.1) is 0 Å². The number of aromatic hydroxyl groups is 1. The summed E-state index contributed by atoms with van der Waals surface area (Å²) >= 11 is 0. The first kappa shape index (κ1) is 27.1. The van der Waals surface area contributed by atoms with Crippen LogP contribution in [0.25, 0.3) is 0 Å². The molecule has 1 aliphatic heterocycles. The highest BCUT2D eigenvalue weighted by Gasteiger charge is 2.64. The van der Waals surface area contributed by atoms with Gasteiger partial charge >= 0.3 is 0 Å². The van der Waals surface area contributed by atoms with E-state index in [1.54, 1.807) is 0 Å². The number of benzene rings is 1. The quantitative estimate of drug-likeness (QED) is 0.191. The van der Waals surface area contributed by atoms with Crippen LogP contribution in [0.1, 0.15) is 89.2 Å². The fourth-order valence-corrected chi connectivity index (χ4v) is 6.16. The van der Waals surface area contributed by atoms with Gasteiger partial charge < -0.3 is 45.6 Å². The van der Waals surface area contributed by atoms with Gasteiger partial charge in [0.25, 0.3) is 11.9 Å². The van der Waals surface area contributed by atoms with Gasteiger partial charge in [-0.05, 0) is 69.1 Å². The smallest absolute Gasteiger partial charge is 0.293 e. The molecule has 8 N–H and O–H groups in total. The topological polar surface area (TPSA) is 171 Å². The third-order valence-corrected chi connectivity index (χ3v) is 8.02. The second-order valence-electron chi connectivity index (χ2n) is 10.7. The zero-order chi connectivity index (χ0) is 25.5. The fourth-order valence-electron chi connectivity index (χ4n) is 6.16. The number of aliphatic hydroxyl groups excluding tert-OH is 1. The van der Waals surface area contributed by atoms with Crippen molar-refractivity contribution in [3.8, 4) is 11.5 Å². The standard InChI is InChI=1S/C25H40O9/c1-4-5-6-7-10-23(24(28,29)30,25(31,32)33)16-12-19(27)21-17-11-15(14-26)8-9-18(17)22(2,3)34-20(21)13-16/h12-13,15,17-18,26-33H,4-11,14H2,1-3H3/t15-,17-,18-/m1/s1. The van der Waals surface area contributed by atoms with Gasteiger partial charge in [-0.2, -0.15) is 0 Å². The Balaban J connectivity index is 2.16. The van der Waals surface area contributed by atoms with Crippen LogP contribution in [0, 0.1) is 11.8 Å². The largest absolute Gasteiger partial charge is 0.508 e. The lowest BCUT2D eigenvalue weighted by Crippen LogP contribution is -2.65. The SMILES string of the molecule is CCCCCCC(c1cc(O)c2c(c1)OC(C)(C)[C@@H]1CC[C@@H](CO)C[C@@H]21)(C(O)(O)O)C(O)(O)O.